The first-order valence-electron chi connectivity index (χ1n) is 10.3. The Morgan fingerprint density at radius 3 is 2.80 bits per heavy atom. The van der Waals surface area contributed by atoms with Crippen LogP contribution in [0.15, 0.2) is 12.1 Å². The number of rotatable bonds is 4. The van der Waals surface area contributed by atoms with Gasteiger partial charge in [-0.2, -0.15) is 0 Å². The second-order valence-electron chi connectivity index (χ2n) is 8.26. The van der Waals surface area contributed by atoms with Gasteiger partial charge in [0, 0.05) is 18.7 Å². The van der Waals surface area contributed by atoms with Crippen LogP contribution in [0.3, 0.4) is 0 Å². The fraction of sp³-hybridized carbons (Fsp3) is 0.619. The van der Waals surface area contributed by atoms with Crippen LogP contribution in [-0.4, -0.2) is 66.6 Å². The molecule has 1 aromatic carbocycles. The van der Waals surface area contributed by atoms with Crippen molar-refractivity contribution < 1.29 is 24.1 Å². The Kier molecular flexibility index (Phi) is 6.15. The molecular weight excluding hydrogens is 406 g/mol. The maximum Gasteiger partial charge on any atom is 0.323 e. The molecule has 2 aromatic rings. The van der Waals surface area contributed by atoms with Gasteiger partial charge < -0.3 is 24.2 Å². The van der Waals surface area contributed by atoms with Gasteiger partial charge in [-0.3, -0.25) is 5.32 Å². The molecule has 9 heteroatoms. The predicted octanol–water partition coefficient (Wildman–Crippen LogP) is 3.55. The number of carbonyl (C=O) groups is 1. The fourth-order valence-electron chi connectivity index (χ4n) is 4.10. The summed E-state index contributed by atoms with van der Waals surface area (Å²) >= 11 is 1.41. The molecule has 164 valence electrons. The number of nitrogens with one attached hydrogen (secondary N) is 1. The normalized spacial score (nSPS) is 27.1. The third kappa shape index (κ3) is 4.39. The number of anilines is 1. The summed E-state index contributed by atoms with van der Waals surface area (Å²) in [4.78, 5) is 19.2. The van der Waals surface area contributed by atoms with E-state index in [1.54, 1.807) is 19.1 Å². The average molecular weight is 436 g/mol. The average Bonchev–Trinajstić information content (AvgIpc) is 3.16. The van der Waals surface area contributed by atoms with Crippen molar-refractivity contribution in [3.8, 4) is 5.75 Å². The summed E-state index contributed by atoms with van der Waals surface area (Å²) in [6.07, 6.45) is 2.80. The van der Waals surface area contributed by atoms with Crippen molar-refractivity contribution in [1.29, 1.82) is 0 Å². The van der Waals surface area contributed by atoms with Crippen molar-refractivity contribution in [2.24, 2.45) is 0 Å². The Hall–Kier alpha value is -1.94. The highest BCUT2D eigenvalue weighted by Crippen LogP contribution is 2.39. The molecule has 1 unspecified atom stereocenters. The van der Waals surface area contributed by atoms with Crippen molar-refractivity contribution in [1.82, 2.24) is 9.88 Å². The molecule has 2 aliphatic rings. The van der Waals surface area contributed by atoms with Gasteiger partial charge in [-0.25, -0.2) is 9.78 Å². The lowest BCUT2D eigenvalue weighted by molar-refractivity contribution is -0.0895. The van der Waals surface area contributed by atoms with E-state index in [-0.39, 0.29) is 18.2 Å². The number of thiazole rings is 1. The van der Waals surface area contributed by atoms with Crippen molar-refractivity contribution in [2.75, 3.05) is 39.3 Å². The lowest BCUT2D eigenvalue weighted by Crippen LogP contribution is -2.44. The van der Waals surface area contributed by atoms with Crippen LogP contribution in [0.25, 0.3) is 10.2 Å². The third-order valence-corrected chi connectivity index (χ3v) is 7.05. The van der Waals surface area contributed by atoms with Gasteiger partial charge in [0.1, 0.15) is 17.4 Å². The minimum Gasteiger partial charge on any atom is -0.494 e. The number of benzene rings is 1. The molecule has 1 aromatic heterocycles. The van der Waals surface area contributed by atoms with E-state index in [4.69, 9.17) is 14.2 Å². The van der Waals surface area contributed by atoms with Gasteiger partial charge in [0.25, 0.3) is 0 Å². The number of hydrogen-bond donors (Lipinski definition) is 2. The molecule has 1 saturated carbocycles. The van der Waals surface area contributed by atoms with Gasteiger partial charge >= 0.3 is 6.03 Å². The molecule has 1 atom stereocenters. The highest BCUT2D eigenvalue weighted by Gasteiger charge is 2.32. The Balaban J connectivity index is 1.53. The number of methoxy groups -OCH3 is 1. The van der Waals surface area contributed by atoms with Gasteiger partial charge in [0.15, 0.2) is 5.13 Å². The first kappa shape index (κ1) is 21.3. The summed E-state index contributed by atoms with van der Waals surface area (Å²) in [5, 5.41) is 13.6. The van der Waals surface area contributed by atoms with Crippen LogP contribution in [-0.2, 0) is 9.47 Å². The van der Waals surface area contributed by atoms with Gasteiger partial charge in [-0.05, 0) is 38.7 Å². The fourth-order valence-corrected chi connectivity index (χ4v) is 5.13. The molecule has 2 heterocycles. The zero-order chi connectivity index (χ0) is 21.3. The van der Waals surface area contributed by atoms with E-state index in [0.29, 0.717) is 49.1 Å². The Morgan fingerprint density at radius 1 is 1.37 bits per heavy atom. The van der Waals surface area contributed by atoms with Crippen LogP contribution in [0.5, 0.6) is 5.75 Å². The number of hydrogen-bond acceptors (Lipinski definition) is 7. The van der Waals surface area contributed by atoms with Gasteiger partial charge in [-0.15, -0.1) is 0 Å². The molecule has 0 spiro atoms. The molecule has 30 heavy (non-hydrogen) atoms. The van der Waals surface area contributed by atoms with Crippen LogP contribution in [0.4, 0.5) is 9.93 Å². The molecule has 2 N–H and O–H groups in total. The zero-order valence-electron chi connectivity index (χ0n) is 17.6. The van der Waals surface area contributed by atoms with E-state index < -0.39 is 5.60 Å². The van der Waals surface area contributed by atoms with E-state index in [1.165, 1.54) is 11.3 Å². The van der Waals surface area contributed by atoms with Crippen molar-refractivity contribution >= 4 is 32.7 Å². The number of aromatic nitrogens is 1. The monoisotopic (exact) mass is 435 g/mol. The first-order valence-corrected chi connectivity index (χ1v) is 11.1. The molecule has 8 nitrogen and oxygen atoms in total. The van der Waals surface area contributed by atoms with Gasteiger partial charge in [0.2, 0.25) is 0 Å². The summed E-state index contributed by atoms with van der Waals surface area (Å²) in [6.45, 7) is 3.51. The number of ether oxygens (including phenoxy) is 3. The van der Waals surface area contributed by atoms with Crippen LogP contribution in [0, 0.1) is 0 Å². The van der Waals surface area contributed by atoms with E-state index in [2.05, 4.69) is 10.3 Å². The summed E-state index contributed by atoms with van der Waals surface area (Å²) < 4.78 is 17.8. The minimum absolute atomic E-state index is 0.109. The number of carbonyl (C=O) groups excluding carboxylic acids is 1. The Labute approximate surface area is 180 Å². The molecule has 1 aliphatic heterocycles. The number of nitrogens with zero attached hydrogens (tertiary/aromatic N) is 2. The minimum atomic E-state index is -0.626. The molecule has 1 aliphatic carbocycles. The first-order chi connectivity index (χ1) is 14.4. The molecule has 0 radical (unpaired) electrons. The largest absolute Gasteiger partial charge is 0.494 e. The van der Waals surface area contributed by atoms with E-state index >= 15 is 0 Å². The van der Waals surface area contributed by atoms with E-state index in [1.807, 2.05) is 19.1 Å². The molecule has 4 rings (SSSR count). The Morgan fingerprint density at radius 2 is 2.13 bits per heavy atom. The standard InChI is InChI=1S/C21H29N3O5S/c1-21(26)8-6-13(7-9-21)24(2)20(25)23-19-22-17-15(27-3)5-4-14(18(17)30-19)16-12-28-10-11-29-16/h4-5,13,16,26H,6-12H2,1-3H3,(H,22,23,25). The quantitative estimate of drug-likeness (QED) is 0.763. The van der Waals surface area contributed by atoms with Crippen LogP contribution < -0.4 is 10.1 Å². The maximum absolute atomic E-state index is 12.8. The van der Waals surface area contributed by atoms with E-state index in [0.717, 1.165) is 23.1 Å². The smallest absolute Gasteiger partial charge is 0.323 e. The highest BCUT2D eigenvalue weighted by atomic mass is 32.1. The van der Waals surface area contributed by atoms with E-state index in [9.17, 15) is 9.90 Å². The summed E-state index contributed by atoms with van der Waals surface area (Å²) in [5.74, 6) is 0.657. The highest BCUT2D eigenvalue weighted by molar-refractivity contribution is 7.22. The second-order valence-corrected chi connectivity index (χ2v) is 9.26. The number of aliphatic hydroxyl groups is 1. The van der Waals surface area contributed by atoms with Gasteiger partial charge in [-0.1, -0.05) is 17.4 Å². The van der Waals surface area contributed by atoms with Crippen LogP contribution >= 0.6 is 11.3 Å². The van der Waals surface area contributed by atoms with Gasteiger partial charge in [0.05, 0.1) is 37.2 Å². The molecule has 1 saturated heterocycles. The second kappa shape index (κ2) is 8.66. The lowest BCUT2D eigenvalue weighted by atomic mass is 9.83. The SMILES string of the molecule is COc1ccc(C2COCCO2)c2sc(NC(=O)N(C)C3CCC(C)(O)CC3)nc12. The lowest BCUT2D eigenvalue weighted by Gasteiger charge is -2.37. The zero-order valence-corrected chi connectivity index (χ0v) is 18.5. The maximum atomic E-state index is 12.8. The molecular formula is C21H29N3O5S. The number of fused-ring (bicyclic) bond motifs is 1. The van der Waals surface area contributed by atoms with Crippen LogP contribution in [0.1, 0.15) is 44.3 Å². The van der Waals surface area contributed by atoms with Crippen molar-refractivity contribution in [3.05, 3.63) is 17.7 Å². The Bertz CT molecular complexity index is 899. The van der Waals surface area contributed by atoms with Crippen molar-refractivity contribution in [3.63, 3.8) is 0 Å². The molecule has 2 fully saturated rings. The predicted molar refractivity (Wildman–Crippen MR) is 115 cm³/mol. The number of amides is 2. The topological polar surface area (TPSA) is 93.2 Å². The summed E-state index contributed by atoms with van der Waals surface area (Å²) in [7, 11) is 3.41. The molecule has 0 bridgehead atoms. The summed E-state index contributed by atoms with van der Waals surface area (Å²) in [6, 6.07) is 3.77. The third-order valence-electron chi connectivity index (χ3n) is 6.03. The number of urea groups is 1. The summed E-state index contributed by atoms with van der Waals surface area (Å²) in [5.41, 5.74) is 1.07. The van der Waals surface area contributed by atoms with Crippen molar-refractivity contribution in [2.45, 2.75) is 50.4 Å². The van der Waals surface area contributed by atoms with Crippen LogP contribution in [0.2, 0.25) is 0 Å². The molecule has 2 amide bonds.